The van der Waals surface area contributed by atoms with Crippen LogP contribution in [0.15, 0.2) is 24.3 Å². The lowest BCUT2D eigenvalue weighted by atomic mass is 10.2. The van der Waals surface area contributed by atoms with Crippen molar-refractivity contribution in [3.8, 4) is 5.75 Å². The van der Waals surface area contributed by atoms with Gasteiger partial charge in [-0.05, 0) is 13.0 Å². The summed E-state index contributed by atoms with van der Waals surface area (Å²) in [4.78, 5) is 14.4. The van der Waals surface area contributed by atoms with Crippen LogP contribution in [0.5, 0.6) is 5.75 Å². The summed E-state index contributed by atoms with van der Waals surface area (Å²) >= 11 is 0. The van der Waals surface area contributed by atoms with Gasteiger partial charge < -0.3 is 15.4 Å². The maximum atomic E-state index is 12.2. The molecule has 1 aromatic rings. The molecule has 20 heavy (non-hydrogen) atoms. The van der Waals surface area contributed by atoms with E-state index in [0.29, 0.717) is 6.54 Å². The molecule has 1 unspecified atom stereocenters. The van der Waals surface area contributed by atoms with E-state index in [1.54, 1.807) is 7.11 Å². The molecule has 1 aliphatic heterocycles. The fourth-order valence-electron chi connectivity index (χ4n) is 2.41. The first-order chi connectivity index (χ1) is 9.72. The normalized spacial score (nSPS) is 17.5. The van der Waals surface area contributed by atoms with Gasteiger partial charge in [-0.15, -0.1) is 0 Å². The first-order valence-corrected chi connectivity index (χ1v) is 7.06. The summed E-state index contributed by atoms with van der Waals surface area (Å²) in [5.41, 5.74) is 0.996. The minimum Gasteiger partial charge on any atom is -0.496 e. The van der Waals surface area contributed by atoms with E-state index in [9.17, 15) is 4.79 Å². The number of carbonyl (C=O) groups excluding carboxylic acids is 1. The van der Waals surface area contributed by atoms with Gasteiger partial charge in [-0.3, -0.25) is 9.69 Å². The van der Waals surface area contributed by atoms with Crippen LogP contribution >= 0.6 is 0 Å². The van der Waals surface area contributed by atoms with Crippen molar-refractivity contribution < 1.29 is 9.53 Å². The molecular weight excluding hydrogens is 254 g/mol. The standard InChI is InChI=1S/C15H23N3O2/c1-12(18-9-7-16-8-10-18)15(19)17-11-13-5-3-4-6-14(13)20-2/h3-6,12,16H,7-11H2,1-2H3,(H,17,19). The highest BCUT2D eigenvalue weighted by molar-refractivity contribution is 5.81. The molecule has 110 valence electrons. The predicted octanol–water partition coefficient (Wildman–Crippen LogP) is 0.605. The maximum absolute atomic E-state index is 12.2. The monoisotopic (exact) mass is 277 g/mol. The average Bonchev–Trinajstić information content (AvgIpc) is 2.53. The Kier molecular flexibility index (Phi) is 5.38. The van der Waals surface area contributed by atoms with Gasteiger partial charge in [-0.2, -0.15) is 0 Å². The molecule has 0 spiro atoms. The second kappa shape index (κ2) is 7.26. The zero-order valence-electron chi connectivity index (χ0n) is 12.2. The first kappa shape index (κ1) is 14.8. The van der Waals surface area contributed by atoms with Gasteiger partial charge in [0.1, 0.15) is 5.75 Å². The minimum atomic E-state index is -0.0909. The molecule has 1 amide bonds. The molecule has 0 radical (unpaired) electrons. The van der Waals surface area contributed by atoms with Crippen LogP contribution in [0.4, 0.5) is 0 Å². The van der Waals surface area contributed by atoms with E-state index >= 15 is 0 Å². The summed E-state index contributed by atoms with van der Waals surface area (Å²) in [7, 11) is 1.64. The van der Waals surface area contributed by atoms with Crippen LogP contribution in [0.1, 0.15) is 12.5 Å². The Labute approximate surface area is 120 Å². The largest absolute Gasteiger partial charge is 0.496 e. The molecule has 0 aliphatic carbocycles. The fraction of sp³-hybridized carbons (Fsp3) is 0.533. The second-order valence-corrected chi connectivity index (χ2v) is 4.99. The molecular formula is C15H23N3O2. The van der Waals surface area contributed by atoms with Crippen LogP contribution in [0.25, 0.3) is 0 Å². The van der Waals surface area contributed by atoms with Gasteiger partial charge in [-0.1, -0.05) is 18.2 Å². The molecule has 1 aliphatic rings. The van der Waals surface area contributed by atoms with Crippen molar-refractivity contribution in [1.82, 2.24) is 15.5 Å². The van der Waals surface area contributed by atoms with Crippen LogP contribution < -0.4 is 15.4 Å². The van der Waals surface area contributed by atoms with Crippen LogP contribution in [0, 0.1) is 0 Å². The number of ether oxygens (including phenoxy) is 1. The lowest BCUT2D eigenvalue weighted by Gasteiger charge is -2.31. The Morgan fingerprint density at radius 1 is 1.40 bits per heavy atom. The number of hydrogen-bond donors (Lipinski definition) is 2. The number of nitrogens with one attached hydrogen (secondary N) is 2. The number of nitrogens with zero attached hydrogens (tertiary/aromatic N) is 1. The molecule has 0 saturated carbocycles. The van der Waals surface area contributed by atoms with Crippen molar-refractivity contribution >= 4 is 5.91 Å². The number of benzene rings is 1. The molecule has 2 rings (SSSR count). The van der Waals surface area contributed by atoms with E-state index in [1.165, 1.54) is 0 Å². The molecule has 1 saturated heterocycles. The van der Waals surface area contributed by atoms with Crippen molar-refractivity contribution in [1.29, 1.82) is 0 Å². The second-order valence-electron chi connectivity index (χ2n) is 4.99. The molecule has 1 aromatic carbocycles. The minimum absolute atomic E-state index is 0.0674. The lowest BCUT2D eigenvalue weighted by molar-refractivity contribution is -0.126. The van der Waals surface area contributed by atoms with E-state index in [0.717, 1.165) is 37.5 Å². The van der Waals surface area contributed by atoms with Gasteiger partial charge >= 0.3 is 0 Å². The third-order valence-corrected chi connectivity index (χ3v) is 3.72. The van der Waals surface area contributed by atoms with Crippen LogP contribution in [-0.2, 0) is 11.3 Å². The highest BCUT2D eigenvalue weighted by atomic mass is 16.5. The number of piperazine rings is 1. The number of hydrogen-bond acceptors (Lipinski definition) is 4. The van der Waals surface area contributed by atoms with Gasteiger partial charge in [0.2, 0.25) is 5.91 Å². The Morgan fingerprint density at radius 2 is 2.10 bits per heavy atom. The third kappa shape index (κ3) is 3.71. The number of methoxy groups -OCH3 is 1. The number of para-hydroxylation sites is 1. The van der Waals surface area contributed by atoms with E-state index in [-0.39, 0.29) is 11.9 Å². The van der Waals surface area contributed by atoms with Crippen molar-refractivity contribution in [3.05, 3.63) is 29.8 Å². The topological polar surface area (TPSA) is 53.6 Å². The zero-order valence-corrected chi connectivity index (χ0v) is 12.2. The highest BCUT2D eigenvalue weighted by Gasteiger charge is 2.22. The molecule has 1 fully saturated rings. The Balaban J connectivity index is 1.87. The Hall–Kier alpha value is -1.59. The van der Waals surface area contributed by atoms with Crippen LogP contribution in [0.3, 0.4) is 0 Å². The maximum Gasteiger partial charge on any atom is 0.237 e. The van der Waals surface area contributed by atoms with Crippen molar-refractivity contribution in [2.75, 3.05) is 33.3 Å². The van der Waals surface area contributed by atoms with E-state index in [4.69, 9.17) is 4.74 Å². The molecule has 5 heteroatoms. The molecule has 0 aromatic heterocycles. The Bertz CT molecular complexity index is 444. The number of amides is 1. The Morgan fingerprint density at radius 3 is 2.80 bits per heavy atom. The molecule has 2 N–H and O–H groups in total. The summed E-state index contributed by atoms with van der Waals surface area (Å²) in [5.74, 6) is 0.875. The van der Waals surface area contributed by atoms with Gasteiger partial charge in [-0.25, -0.2) is 0 Å². The summed E-state index contributed by atoms with van der Waals surface area (Å²) in [6.45, 7) is 6.20. The van der Waals surface area contributed by atoms with Crippen molar-refractivity contribution in [2.24, 2.45) is 0 Å². The molecule has 0 bridgehead atoms. The van der Waals surface area contributed by atoms with Gasteiger partial charge in [0.25, 0.3) is 0 Å². The zero-order chi connectivity index (χ0) is 14.4. The quantitative estimate of drug-likeness (QED) is 0.828. The van der Waals surface area contributed by atoms with E-state index < -0.39 is 0 Å². The van der Waals surface area contributed by atoms with Gasteiger partial charge in [0.05, 0.1) is 13.2 Å². The number of carbonyl (C=O) groups is 1. The third-order valence-electron chi connectivity index (χ3n) is 3.72. The van der Waals surface area contributed by atoms with E-state index in [2.05, 4.69) is 15.5 Å². The van der Waals surface area contributed by atoms with Gasteiger partial charge in [0, 0.05) is 38.3 Å². The molecule has 1 atom stereocenters. The SMILES string of the molecule is COc1ccccc1CNC(=O)C(C)N1CCNCC1. The predicted molar refractivity (Wildman–Crippen MR) is 78.7 cm³/mol. The summed E-state index contributed by atoms with van der Waals surface area (Å²) < 4.78 is 5.28. The smallest absolute Gasteiger partial charge is 0.237 e. The van der Waals surface area contributed by atoms with Crippen LogP contribution in [-0.4, -0.2) is 50.1 Å². The summed E-state index contributed by atoms with van der Waals surface area (Å²) in [6, 6.07) is 7.65. The van der Waals surface area contributed by atoms with Crippen molar-refractivity contribution in [3.63, 3.8) is 0 Å². The average molecular weight is 277 g/mol. The lowest BCUT2D eigenvalue weighted by Crippen LogP contribution is -2.52. The van der Waals surface area contributed by atoms with Crippen LogP contribution in [0.2, 0.25) is 0 Å². The fourth-order valence-corrected chi connectivity index (χ4v) is 2.41. The van der Waals surface area contributed by atoms with Crippen molar-refractivity contribution in [2.45, 2.75) is 19.5 Å². The molecule has 5 nitrogen and oxygen atoms in total. The molecule has 1 heterocycles. The summed E-state index contributed by atoms with van der Waals surface area (Å²) in [6.07, 6.45) is 0. The summed E-state index contributed by atoms with van der Waals surface area (Å²) in [5, 5.41) is 6.28. The van der Waals surface area contributed by atoms with Gasteiger partial charge in [0.15, 0.2) is 0 Å². The van der Waals surface area contributed by atoms with E-state index in [1.807, 2.05) is 31.2 Å². The number of rotatable bonds is 5. The first-order valence-electron chi connectivity index (χ1n) is 7.06. The highest BCUT2D eigenvalue weighted by Crippen LogP contribution is 2.16.